The second kappa shape index (κ2) is 10.0. The highest BCUT2D eigenvalue weighted by Crippen LogP contribution is 2.13. The summed E-state index contributed by atoms with van der Waals surface area (Å²) < 4.78 is 10.6. The number of ether oxygens (including phenoxy) is 2. The molecule has 0 aliphatic carbocycles. The molecule has 0 saturated carbocycles. The second-order valence-electron chi connectivity index (χ2n) is 7.28. The van der Waals surface area contributed by atoms with Gasteiger partial charge in [0.15, 0.2) is 0 Å². The number of rotatable bonds is 8. The van der Waals surface area contributed by atoms with Gasteiger partial charge in [-0.15, -0.1) is 0 Å². The lowest BCUT2D eigenvalue weighted by Gasteiger charge is -2.19. The Morgan fingerprint density at radius 1 is 1.12 bits per heavy atom. The molecule has 6 nitrogen and oxygen atoms in total. The van der Waals surface area contributed by atoms with Crippen LogP contribution in [-0.2, 0) is 9.47 Å². The van der Waals surface area contributed by atoms with Gasteiger partial charge < -0.3 is 14.8 Å². The van der Waals surface area contributed by atoms with Crippen molar-refractivity contribution in [2.45, 2.75) is 46.6 Å². The van der Waals surface area contributed by atoms with Crippen molar-refractivity contribution in [2.75, 3.05) is 25.1 Å². The SMILES string of the molecule is CC(C)COCCCNC(=O)c1ccc(NC(=O)OC(C)(C)C)cc1. The van der Waals surface area contributed by atoms with Crippen molar-refractivity contribution in [2.24, 2.45) is 5.92 Å². The summed E-state index contributed by atoms with van der Waals surface area (Å²) in [6.07, 6.45) is 0.252. The standard InChI is InChI=1S/C19H30N2O4/c1-14(2)13-24-12-6-11-20-17(22)15-7-9-16(10-8-15)21-18(23)25-19(3,4)5/h7-10,14H,6,11-13H2,1-5H3,(H,20,22)(H,21,23). The van der Waals surface area contributed by atoms with Gasteiger partial charge in [-0.1, -0.05) is 13.8 Å². The van der Waals surface area contributed by atoms with Crippen LogP contribution < -0.4 is 10.6 Å². The van der Waals surface area contributed by atoms with Crippen LogP contribution in [0.4, 0.5) is 10.5 Å². The molecule has 0 radical (unpaired) electrons. The Morgan fingerprint density at radius 3 is 2.32 bits per heavy atom. The van der Waals surface area contributed by atoms with Crippen molar-refractivity contribution >= 4 is 17.7 Å². The van der Waals surface area contributed by atoms with Gasteiger partial charge in [-0.05, 0) is 57.4 Å². The number of hydrogen-bond acceptors (Lipinski definition) is 4. The first kappa shape index (κ1) is 21.0. The highest BCUT2D eigenvalue weighted by atomic mass is 16.6. The molecule has 1 rings (SSSR count). The smallest absolute Gasteiger partial charge is 0.412 e. The number of carbonyl (C=O) groups excluding carboxylic acids is 2. The van der Waals surface area contributed by atoms with E-state index in [2.05, 4.69) is 24.5 Å². The van der Waals surface area contributed by atoms with Crippen LogP contribution in [0.3, 0.4) is 0 Å². The van der Waals surface area contributed by atoms with Gasteiger partial charge in [0, 0.05) is 31.0 Å². The Balaban J connectivity index is 2.35. The van der Waals surface area contributed by atoms with Crippen LogP contribution in [0.1, 0.15) is 51.4 Å². The molecule has 2 amide bonds. The van der Waals surface area contributed by atoms with Crippen molar-refractivity contribution in [3.63, 3.8) is 0 Å². The van der Waals surface area contributed by atoms with Gasteiger partial charge in [0.25, 0.3) is 5.91 Å². The van der Waals surface area contributed by atoms with Crippen molar-refractivity contribution < 1.29 is 19.1 Å². The fraction of sp³-hybridized carbons (Fsp3) is 0.579. The fourth-order valence-corrected chi connectivity index (χ4v) is 1.92. The predicted molar refractivity (Wildman–Crippen MR) is 98.9 cm³/mol. The van der Waals surface area contributed by atoms with Crippen molar-refractivity contribution in [3.8, 4) is 0 Å². The Kier molecular flexibility index (Phi) is 8.41. The zero-order chi connectivity index (χ0) is 18.9. The topological polar surface area (TPSA) is 76.7 Å². The Labute approximate surface area is 150 Å². The molecule has 1 aromatic rings. The number of carbonyl (C=O) groups is 2. The van der Waals surface area contributed by atoms with Crippen LogP contribution in [0.15, 0.2) is 24.3 Å². The average molecular weight is 350 g/mol. The normalized spacial score (nSPS) is 11.3. The molecule has 0 aromatic heterocycles. The maximum Gasteiger partial charge on any atom is 0.412 e. The summed E-state index contributed by atoms with van der Waals surface area (Å²) in [4.78, 5) is 23.7. The number of amides is 2. The molecule has 6 heteroatoms. The summed E-state index contributed by atoms with van der Waals surface area (Å²) in [7, 11) is 0. The molecule has 0 aliphatic rings. The van der Waals surface area contributed by atoms with Crippen LogP contribution in [0.5, 0.6) is 0 Å². The van der Waals surface area contributed by atoms with Gasteiger partial charge in [0.1, 0.15) is 5.60 Å². The van der Waals surface area contributed by atoms with E-state index in [1.807, 2.05) is 0 Å². The first-order valence-electron chi connectivity index (χ1n) is 8.63. The summed E-state index contributed by atoms with van der Waals surface area (Å²) >= 11 is 0. The first-order valence-corrected chi connectivity index (χ1v) is 8.63. The van der Waals surface area contributed by atoms with Gasteiger partial charge in [0.05, 0.1) is 0 Å². The van der Waals surface area contributed by atoms with E-state index in [0.717, 1.165) is 13.0 Å². The lowest BCUT2D eigenvalue weighted by atomic mass is 10.2. The molecule has 0 bridgehead atoms. The lowest BCUT2D eigenvalue weighted by molar-refractivity contribution is 0.0635. The van der Waals surface area contributed by atoms with Gasteiger partial charge in [0.2, 0.25) is 0 Å². The molecule has 1 aromatic carbocycles. The van der Waals surface area contributed by atoms with Crippen LogP contribution in [0.25, 0.3) is 0 Å². The van der Waals surface area contributed by atoms with E-state index in [1.165, 1.54) is 0 Å². The largest absolute Gasteiger partial charge is 0.444 e. The van der Waals surface area contributed by atoms with E-state index in [0.29, 0.717) is 30.3 Å². The highest BCUT2D eigenvalue weighted by Gasteiger charge is 2.16. The molecular weight excluding hydrogens is 320 g/mol. The zero-order valence-electron chi connectivity index (χ0n) is 15.8. The van der Waals surface area contributed by atoms with E-state index in [1.54, 1.807) is 45.0 Å². The predicted octanol–water partition coefficient (Wildman–Crippen LogP) is 3.83. The molecule has 140 valence electrons. The van der Waals surface area contributed by atoms with Crippen molar-refractivity contribution in [1.29, 1.82) is 0 Å². The number of anilines is 1. The minimum atomic E-state index is -0.553. The third-order valence-corrected chi connectivity index (χ3v) is 2.99. The lowest BCUT2D eigenvalue weighted by Crippen LogP contribution is -2.27. The highest BCUT2D eigenvalue weighted by molar-refractivity contribution is 5.95. The van der Waals surface area contributed by atoms with Gasteiger partial charge in [-0.25, -0.2) is 4.79 Å². The molecule has 2 N–H and O–H groups in total. The zero-order valence-corrected chi connectivity index (χ0v) is 15.8. The van der Waals surface area contributed by atoms with E-state index in [9.17, 15) is 9.59 Å². The first-order chi connectivity index (χ1) is 11.7. The van der Waals surface area contributed by atoms with Gasteiger partial charge >= 0.3 is 6.09 Å². The van der Waals surface area contributed by atoms with E-state index < -0.39 is 11.7 Å². The molecule has 0 heterocycles. The molecule has 0 atom stereocenters. The third-order valence-electron chi connectivity index (χ3n) is 2.99. The van der Waals surface area contributed by atoms with E-state index in [4.69, 9.17) is 9.47 Å². The second-order valence-corrected chi connectivity index (χ2v) is 7.28. The van der Waals surface area contributed by atoms with Crippen molar-refractivity contribution in [3.05, 3.63) is 29.8 Å². The minimum Gasteiger partial charge on any atom is -0.444 e. The molecule has 0 aliphatic heterocycles. The third kappa shape index (κ3) is 9.72. The van der Waals surface area contributed by atoms with Crippen LogP contribution in [0, 0.1) is 5.92 Å². The number of nitrogens with one attached hydrogen (secondary N) is 2. The summed E-state index contributed by atoms with van der Waals surface area (Å²) in [5.41, 5.74) is 0.564. The summed E-state index contributed by atoms with van der Waals surface area (Å²) in [5.74, 6) is 0.370. The quantitative estimate of drug-likeness (QED) is 0.699. The molecule has 0 saturated heterocycles. The average Bonchev–Trinajstić information content (AvgIpc) is 2.49. The summed E-state index contributed by atoms with van der Waals surface area (Å²) in [6, 6.07) is 6.67. The molecule has 25 heavy (non-hydrogen) atoms. The van der Waals surface area contributed by atoms with Gasteiger partial charge in [-0.3, -0.25) is 10.1 Å². The van der Waals surface area contributed by atoms with E-state index >= 15 is 0 Å². The summed E-state index contributed by atoms with van der Waals surface area (Å²) in [5, 5.41) is 5.48. The molecular formula is C19H30N2O4. The monoisotopic (exact) mass is 350 g/mol. The van der Waals surface area contributed by atoms with Crippen molar-refractivity contribution in [1.82, 2.24) is 5.32 Å². The molecule has 0 fully saturated rings. The molecule has 0 spiro atoms. The Bertz CT molecular complexity index is 548. The van der Waals surface area contributed by atoms with Crippen LogP contribution in [0.2, 0.25) is 0 Å². The number of benzene rings is 1. The maximum absolute atomic E-state index is 12.0. The van der Waals surface area contributed by atoms with E-state index in [-0.39, 0.29) is 5.91 Å². The molecule has 0 unspecified atom stereocenters. The van der Waals surface area contributed by atoms with Crippen LogP contribution in [-0.4, -0.2) is 37.4 Å². The Hall–Kier alpha value is -2.08. The maximum atomic E-state index is 12.0. The number of hydrogen-bond donors (Lipinski definition) is 2. The van der Waals surface area contributed by atoms with Gasteiger partial charge in [-0.2, -0.15) is 0 Å². The van der Waals surface area contributed by atoms with Crippen LogP contribution >= 0.6 is 0 Å². The Morgan fingerprint density at radius 2 is 1.76 bits per heavy atom. The fourth-order valence-electron chi connectivity index (χ4n) is 1.92. The summed E-state index contributed by atoms with van der Waals surface area (Å²) in [6.45, 7) is 11.5. The minimum absolute atomic E-state index is 0.146.